The fourth-order valence-electron chi connectivity index (χ4n) is 2.73. The van der Waals surface area contributed by atoms with Crippen LogP contribution < -0.4 is 21.3 Å². The molecule has 0 saturated carbocycles. The predicted molar refractivity (Wildman–Crippen MR) is 91.3 cm³/mol. The Balaban J connectivity index is 1.90. The maximum Gasteiger partial charge on any atom is 0.250 e. The Kier molecular flexibility index (Phi) is 4.27. The average molecular weight is 312 g/mol. The molecule has 0 spiro atoms. The van der Waals surface area contributed by atoms with Gasteiger partial charge in [-0.1, -0.05) is 0 Å². The lowest BCUT2D eigenvalue weighted by atomic mass is 10.1. The van der Waals surface area contributed by atoms with Crippen LogP contribution >= 0.6 is 0 Å². The molecule has 1 amide bonds. The van der Waals surface area contributed by atoms with Crippen molar-refractivity contribution < 1.29 is 4.79 Å². The van der Waals surface area contributed by atoms with E-state index >= 15 is 0 Å². The summed E-state index contributed by atoms with van der Waals surface area (Å²) in [6, 6.07) is 5.53. The van der Waals surface area contributed by atoms with Crippen molar-refractivity contribution in [2.24, 2.45) is 5.73 Å². The highest BCUT2D eigenvalue weighted by atomic mass is 16.1. The van der Waals surface area contributed by atoms with E-state index in [0.29, 0.717) is 17.2 Å². The van der Waals surface area contributed by atoms with Crippen molar-refractivity contribution in [2.45, 2.75) is 12.8 Å². The van der Waals surface area contributed by atoms with Crippen LogP contribution in [-0.2, 0) is 0 Å². The van der Waals surface area contributed by atoms with Crippen molar-refractivity contribution in [3.05, 3.63) is 36.2 Å². The second-order valence-electron chi connectivity index (χ2n) is 5.45. The molecule has 7 nitrogen and oxygen atoms in total. The van der Waals surface area contributed by atoms with Gasteiger partial charge in [0.05, 0.1) is 23.6 Å². The molecule has 3 rings (SSSR count). The quantitative estimate of drug-likeness (QED) is 0.781. The second kappa shape index (κ2) is 6.51. The minimum Gasteiger partial charge on any atom is -0.372 e. The third-order valence-electron chi connectivity index (χ3n) is 3.87. The van der Waals surface area contributed by atoms with Crippen LogP contribution in [0.1, 0.15) is 23.2 Å². The van der Waals surface area contributed by atoms with E-state index in [1.165, 1.54) is 0 Å². The fraction of sp³-hybridized carbons (Fsp3) is 0.312. The number of nitrogens with two attached hydrogens (primary N) is 1. The Morgan fingerprint density at radius 3 is 2.65 bits per heavy atom. The zero-order valence-electron chi connectivity index (χ0n) is 13.0. The smallest absolute Gasteiger partial charge is 0.250 e. The van der Waals surface area contributed by atoms with Gasteiger partial charge in [0, 0.05) is 25.8 Å². The molecule has 1 aliphatic rings. The molecule has 1 aromatic heterocycles. The summed E-state index contributed by atoms with van der Waals surface area (Å²) < 4.78 is 0. The number of primary amides is 1. The van der Waals surface area contributed by atoms with Crippen molar-refractivity contribution in [3.8, 4) is 0 Å². The van der Waals surface area contributed by atoms with Gasteiger partial charge in [0.1, 0.15) is 5.82 Å². The highest BCUT2D eigenvalue weighted by Gasteiger charge is 2.18. The minimum atomic E-state index is -0.407. The maximum absolute atomic E-state index is 11.7. The van der Waals surface area contributed by atoms with E-state index in [4.69, 9.17) is 5.73 Å². The Morgan fingerprint density at radius 1 is 1.22 bits per heavy atom. The number of aromatic nitrogens is 2. The molecular formula is C16H20N6O. The van der Waals surface area contributed by atoms with Crippen LogP contribution in [0.15, 0.2) is 30.6 Å². The summed E-state index contributed by atoms with van der Waals surface area (Å²) in [4.78, 5) is 22.4. The van der Waals surface area contributed by atoms with Crippen molar-refractivity contribution in [1.82, 2.24) is 9.97 Å². The van der Waals surface area contributed by atoms with E-state index in [9.17, 15) is 4.79 Å². The fourth-order valence-corrected chi connectivity index (χ4v) is 2.73. The first kappa shape index (κ1) is 15.1. The van der Waals surface area contributed by atoms with Gasteiger partial charge in [0.15, 0.2) is 5.82 Å². The molecule has 0 bridgehead atoms. The summed E-state index contributed by atoms with van der Waals surface area (Å²) in [6.07, 6.45) is 5.56. The number of hydrogen-bond acceptors (Lipinski definition) is 6. The van der Waals surface area contributed by atoms with Crippen molar-refractivity contribution in [1.29, 1.82) is 0 Å². The first-order chi connectivity index (χ1) is 11.2. The summed E-state index contributed by atoms with van der Waals surface area (Å²) in [5.41, 5.74) is 7.77. The van der Waals surface area contributed by atoms with Gasteiger partial charge < -0.3 is 21.3 Å². The van der Waals surface area contributed by atoms with Crippen molar-refractivity contribution in [3.63, 3.8) is 0 Å². The van der Waals surface area contributed by atoms with Crippen LogP contribution in [0.25, 0.3) is 0 Å². The molecule has 0 radical (unpaired) electrons. The summed E-state index contributed by atoms with van der Waals surface area (Å²) in [5, 5.41) is 6.17. The molecule has 2 heterocycles. The van der Waals surface area contributed by atoms with Crippen LogP contribution in [0.2, 0.25) is 0 Å². The first-order valence-electron chi connectivity index (χ1n) is 7.63. The Morgan fingerprint density at radius 2 is 1.96 bits per heavy atom. The van der Waals surface area contributed by atoms with Gasteiger partial charge in [0.2, 0.25) is 0 Å². The number of anilines is 4. The van der Waals surface area contributed by atoms with Gasteiger partial charge in [-0.25, -0.2) is 4.98 Å². The topological polar surface area (TPSA) is 96.2 Å². The molecule has 0 atom stereocenters. The summed E-state index contributed by atoms with van der Waals surface area (Å²) in [7, 11) is 1.79. The molecule has 7 heteroatoms. The van der Waals surface area contributed by atoms with Gasteiger partial charge in [-0.2, -0.15) is 0 Å². The Labute approximate surface area is 134 Å². The number of nitrogens with one attached hydrogen (secondary N) is 2. The van der Waals surface area contributed by atoms with Gasteiger partial charge in [0.25, 0.3) is 5.91 Å². The summed E-state index contributed by atoms with van der Waals surface area (Å²) >= 11 is 0. The van der Waals surface area contributed by atoms with E-state index in [1.807, 2.05) is 12.1 Å². The van der Waals surface area contributed by atoms with Gasteiger partial charge in [-0.3, -0.25) is 9.78 Å². The number of nitrogens with zero attached hydrogens (tertiary/aromatic N) is 3. The molecule has 23 heavy (non-hydrogen) atoms. The Bertz CT molecular complexity index is 711. The number of carbonyl (C=O) groups excluding carboxylic acids is 1. The van der Waals surface area contributed by atoms with E-state index in [0.717, 1.165) is 37.3 Å². The van der Waals surface area contributed by atoms with Gasteiger partial charge in [-0.05, 0) is 31.0 Å². The lowest BCUT2D eigenvalue weighted by Gasteiger charge is -2.21. The molecule has 4 N–H and O–H groups in total. The van der Waals surface area contributed by atoms with E-state index in [1.54, 1.807) is 25.5 Å². The number of hydrogen-bond donors (Lipinski definition) is 3. The van der Waals surface area contributed by atoms with Crippen LogP contribution in [0.5, 0.6) is 0 Å². The van der Waals surface area contributed by atoms with Crippen LogP contribution in [0.4, 0.5) is 23.0 Å². The van der Waals surface area contributed by atoms with Crippen molar-refractivity contribution in [2.75, 3.05) is 35.7 Å². The van der Waals surface area contributed by atoms with E-state index < -0.39 is 5.91 Å². The van der Waals surface area contributed by atoms with Crippen LogP contribution in [0.3, 0.4) is 0 Å². The molecule has 2 aromatic rings. The zero-order valence-corrected chi connectivity index (χ0v) is 13.0. The highest BCUT2D eigenvalue weighted by Crippen LogP contribution is 2.29. The largest absolute Gasteiger partial charge is 0.372 e. The molecule has 1 fully saturated rings. The average Bonchev–Trinajstić information content (AvgIpc) is 3.09. The van der Waals surface area contributed by atoms with E-state index in [2.05, 4.69) is 25.5 Å². The molecule has 120 valence electrons. The third kappa shape index (κ3) is 3.33. The van der Waals surface area contributed by atoms with Crippen LogP contribution in [0, 0.1) is 0 Å². The molecular weight excluding hydrogens is 292 g/mol. The van der Waals surface area contributed by atoms with E-state index in [-0.39, 0.29) is 0 Å². The third-order valence-corrected chi connectivity index (χ3v) is 3.87. The molecule has 0 unspecified atom stereocenters. The first-order valence-corrected chi connectivity index (χ1v) is 7.63. The standard InChI is InChI=1S/C16H20N6O/c1-18-14-9-19-10-15(21-14)20-11-4-5-12(16(17)23)13(8-11)22-6-2-3-7-22/h4-5,8-10H,2-3,6-7H2,1H3,(H2,17,23)(H2,18,20,21). The maximum atomic E-state index is 11.7. The highest BCUT2D eigenvalue weighted by molar-refractivity contribution is 5.99. The predicted octanol–water partition coefficient (Wildman–Crippen LogP) is 1.96. The lowest BCUT2D eigenvalue weighted by molar-refractivity contribution is 0.100. The monoisotopic (exact) mass is 312 g/mol. The molecule has 1 aromatic carbocycles. The SMILES string of the molecule is CNc1cncc(Nc2ccc(C(N)=O)c(N3CCCC3)c2)n1. The molecule has 0 aliphatic carbocycles. The summed E-state index contributed by atoms with van der Waals surface area (Å²) in [6.45, 7) is 1.89. The Hall–Kier alpha value is -2.83. The lowest BCUT2D eigenvalue weighted by Crippen LogP contribution is -2.23. The normalized spacial score (nSPS) is 13.9. The van der Waals surface area contributed by atoms with Crippen LogP contribution in [-0.4, -0.2) is 36.0 Å². The number of carbonyl (C=O) groups is 1. The summed E-state index contributed by atoms with van der Waals surface area (Å²) in [5.74, 6) is 0.912. The number of benzene rings is 1. The number of amides is 1. The zero-order chi connectivity index (χ0) is 16.2. The van der Waals surface area contributed by atoms with Gasteiger partial charge in [-0.15, -0.1) is 0 Å². The number of rotatable bonds is 5. The minimum absolute atomic E-state index is 0.407. The van der Waals surface area contributed by atoms with Crippen molar-refractivity contribution >= 4 is 28.9 Å². The van der Waals surface area contributed by atoms with Gasteiger partial charge >= 0.3 is 0 Å². The molecule has 1 aliphatic heterocycles. The molecule has 1 saturated heterocycles. The second-order valence-corrected chi connectivity index (χ2v) is 5.45.